The maximum Gasteiger partial charge on any atom is 0.0992 e. The maximum atomic E-state index is 9.59. The molecule has 0 saturated carbocycles. The molecule has 0 bridgehead atoms. The third kappa shape index (κ3) is 5.16. The molecule has 5 heteroatoms. The minimum absolute atomic E-state index is 0.0931. The van der Waals surface area contributed by atoms with Crippen LogP contribution in [0.25, 0.3) is 49.7 Å². The summed E-state index contributed by atoms with van der Waals surface area (Å²) < 4.78 is 2.26. The number of nitrogens with one attached hydrogen (secondary N) is 2. The molecule has 50 heavy (non-hydrogen) atoms. The van der Waals surface area contributed by atoms with Crippen molar-refractivity contribution in [1.29, 1.82) is 5.26 Å². The minimum atomic E-state index is 0.0931. The van der Waals surface area contributed by atoms with Gasteiger partial charge in [-0.05, 0) is 76.9 Å². The molecule has 0 amide bonds. The number of nitriles is 1. The van der Waals surface area contributed by atoms with Crippen LogP contribution >= 0.6 is 0 Å². The summed E-state index contributed by atoms with van der Waals surface area (Å²) in [6.07, 6.45) is 0. The lowest BCUT2D eigenvalue weighted by Gasteiger charge is -2.26. The predicted octanol–water partition coefficient (Wildman–Crippen LogP) is 10.8. The molecule has 238 valence electrons. The van der Waals surface area contributed by atoms with Gasteiger partial charge in [0.05, 0.1) is 41.1 Å². The van der Waals surface area contributed by atoms with E-state index in [1.165, 1.54) is 21.9 Å². The molecule has 7 aromatic carbocycles. The number of anilines is 2. The molecule has 0 spiro atoms. The van der Waals surface area contributed by atoms with Crippen molar-refractivity contribution in [3.63, 3.8) is 0 Å². The van der Waals surface area contributed by atoms with Crippen molar-refractivity contribution in [3.8, 4) is 34.0 Å². The fourth-order valence-electron chi connectivity index (χ4n) is 7.40. The Kier molecular flexibility index (Phi) is 7.35. The maximum absolute atomic E-state index is 9.59. The van der Waals surface area contributed by atoms with Crippen molar-refractivity contribution in [2.24, 2.45) is 0 Å². The van der Waals surface area contributed by atoms with Gasteiger partial charge in [-0.25, -0.2) is 0 Å². The summed E-state index contributed by atoms with van der Waals surface area (Å²) in [4.78, 5) is 0. The smallest absolute Gasteiger partial charge is 0.0992 e. The van der Waals surface area contributed by atoms with Crippen molar-refractivity contribution in [2.45, 2.75) is 6.04 Å². The standard InChI is InChI=1S/C45H33N5/c46-29-31-12-11-17-36(26-31)50-43-21-10-8-18-37(43)40-28-35(23-25-44(40)50)34-22-24-41(39(27-34)32-13-3-1-4-14-32)47-30-49-45(33-15-5-2-6-16-33)38-19-7-9-20-42(38)48-49/h1-28,45,47-48H,30H2. The quantitative estimate of drug-likeness (QED) is 0.181. The summed E-state index contributed by atoms with van der Waals surface area (Å²) in [6, 6.07) is 62.0. The lowest BCUT2D eigenvalue weighted by molar-refractivity contribution is 0.317. The zero-order chi connectivity index (χ0) is 33.4. The fraction of sp³-hybridized carbons (Fsp3) is 0.0444. The molecule has 5 nitrogen and oxygen atoms in total. The first-order valence-corrected chi connectivity index (χ1v) is 16.9. The van der Waals surface area contributed by atoms with E-state index in [1.54, 1.807) is 0 Å². The summed E-state index contributed by atoms with van der Waals surface area (Å²) in [7, 11) is 0. The van der Waals surface area contributed by atoms with Gasteiger partial charge in [0.25, 0.3) is 0 Å². The van der Waals surface area contributed by atoms with Crippen LogP contribution in [0, 0.1) is 11.3 Å². The van der Waals surface area contributed by atoms with Crippen molar-refractivity contribution in [3.05, 3.63) is 187 Å². The molecule has 0 saturated heterocycles. The number of hydrogen-bond acceptors (Lipinski definition) is 4. The third-order valence-electron chi connectivity index (χ3n) is 9.73. The Balaban J connectivity index is 1.10. The second kappa shape index (κ2) is 12.4. The SMILES string of the molecule is N#Cc1cccc(-n2c3ccccc3c3cc(-c4ccc(NCN5Nc6ccccc6C5c5ccccc5)c(-c5ccccc5)c4)ccc32)c1. The van der Waals surface area contributed by atoms with Gasteiger partial charge in [-0.3, -0.25) is 0 Å². The molecule has 1 aliphatic rings. The van der Waals surface area contributed by atoms with Crippen molar-refractivity contribution >= 4 is 33.2 Å². The van der Waals surface area contributed by atoms with Gasteiger partial charge in [0.2, 0.25) is 0 Å². The second-order valence-corrected chi connectivity index (χ2v) is 12.7. The first-order valence-electron chi connectivity index (χ1n) is 16.9. The van der Waals surface area contributed by atoms with Gasteiger partial charge in [0, 0.05) is 33.3 Å². The Morgan fingerprint density at radius 2 is 1.32 bits per heavy atom. The normalized spacial score (nSPS) is 13.9. The van der Waals surface area contributed by atoms with Gasteiger partial charge in [0.1, 0.15) is 0 Å². The zero-order valence-corrected chi connectivity index (χ0v) is 27.3. The van der Waals surface area contributed by atoms with Crippen LogP contribution in [0.15, 0.2) is 170 Å². The van der Waals surface area contributed by atoms with E-state index >= 15 is 0 Å². The van der Waals surface area contributed by atoms with Gasteiger partial charge >= 0.3 is 0 Å². The lowest BCUT2D eigenvalue weighted by atomic mass is 9.96. The van der Waals surface area contributed by atoms with Crippen LogP contribution in [0.3, 0.4) is 0 Å². The number of aromatic nitrogens is 1. The molecule has 2 N–H and O–H groups in total. The summed E-state index contributed by atoms with van der Waals surface area (Å²) in [5.74, 6) is 0. The first-order chi connectivity index (χ1) is 24.7. The summed E-state index contributed by atoms with van der Waals surface area (Å²) >= 11 is 0. The molecule has 0 aliphatic carbocycles. The molecule has 0 fully saturated rings. The molecule has 1 unspecified atom stereocenters. The van der Waals surface area contributed by atoms with Crippen molar-refractivity contribution in [1.82, 2.24) is 9.58 Å². The van der Waals surface area contributed by atoms with E-state index in [2.05, 4.69) is 178 Å². The van der Waals surface area contributed by atoms with Gasteiger partial charge in [0.15, 0.2) is 0 Å². The Bertz CT molecular complexity index is 2550. The van der Waals surface area contributed by atoms with Crippen LogP contribution in [0.2, 0.25) is 0 Å². The van der Waals surface area contributed by atoms with E-state index in [-0.39, 0.29) is 6.04 Å². The van der Waals surface area contributed by atoms with Crippen LogP contribution in [-0.2, 0) is 0 Å². The van der Waals surface area contributed by atoms with Gasteiger partial charge in [-0.1, -0.05) is 115 Å². The monoisotopic (exact) mass is 643 g/mol. The second-order valence-electron chi connectivity index (χ2n) is 12.7. The topological polar surface area (TPSA) is 56.0 Å². The Hall–Kier alpha value is -6.61. The van der Waals surface area contributed by atoms with Gasteiger partial charge < -0.3 is 15.3 Å². The molecular weight excluding hydrogens is 611 g/mol. The summed E-state index contributed by atoms with van der Waals surface area (Å²) in [6.45, 7) is 0.603. The third-order valence-corrected chi connectivity index (χ3v) is 9.73. The van der Waals surface area contributed by atoms with Gasteiger partial charge in [-0.2, -0.15) is 10.3 Å². The van der Waals surface area contributed by atoms with Crippen LogP contribution in [0.1, 0.15) is 22.7 Å². The van der Waals surface area contributed by atoms with E-state index < -0.39 is 0 Å². The average Bonchev–Trinajstić information content (AvgIpc) is 3.73. The van der Waals surface area contributed by atoms with Crippen molar-refractivity contribution in [2.75, 3.05) is 17.4 Å². The average molecular weight is 644 g/mol. The van der Waals surface area contributed by atoms with Crippen LogP contribution in [0.5, 0.6) is 0 Å². The van der Waals surface area contributed by atoms with E-state index in [0.717, 1.165) is 50.3 Å². The van der Waals surface area contributed by atoms with E-state index in [1.807, 2.05) is 18.2 Å². The largest absolute Gasteiger partial charge is 0.370 e. The van der Waals surface area contributed by atoms with E-state index in [0.29, 0.717) is 12.2 Å². The number of para-hydroxylation sites is 2. The summed E-state index contributed by atoms with van der Waals surface area (Å²) in [5.41, 5.74) is 16.8. The number of rotatable bonds is 7. The Morgan fingerprint density at radius 3 is 2.18 bits per heavy atom. The number of benzene rings is 7. The van der Waals surface area contributed by atoms with Gasteiger partial charge in [-0.15, -0.1) is 0 Å². The molecule has 2 heterocycles. The fourth-order valence-corrected chi connectivity index (χ4v) is 7.40. The zero-order valence-electron chi connectivity index (χ0n) is 27.3. The van der Waals surface area contributed by atoms with Crippen molar-refractivity contribution < 1.29 is 0 Å². The lowest BCUT2D eigenvalue weighted by Crippen LogP contribution is -2.33. The molecular formula is C45H33N5. The van der Waals surface area contributed by atoms with Crippen LogP contribution in [-0.4, -0.2) is 16.2 Å². The number of hydrazine groups is 1. The Morgan fingerprint density at radius 1 is 0.600 bits per heavy atom. The predicted molar refractivity (Wildman–Crippen MR) is 205 cm³/mol. The molecule has 1 aromatic heterocycles. The van der Waals surface area contributed by atoms with Crippen LogP contribution in [0.4, 0.5) is 11.4 Å². The molecule has 9 rings (SSSR count). The van der Waals surface area contributed by atoms with E-state index in [4.69, 9.17) is 0 Å². The molecule has 8 aromatic rings. The minimum Gasteiger partial charge on any atom is -0.370 e. The molecule has 0 radical (unpaired) electrons. The highest BCUT2D eigenvalue weighted by Gasteiger charge is 2.31. The highest BCUT2D eigenvalue weighted by atomic mass is 15.6. The number of nitrogens with zero attached hydrogens (tertiary/aromatic N) is 3. The summed E-state index contributed by atoms with van der Waals surface area (Å²) in [5, 5.41) is 18.0. The highest BCUT2D eigenvalue weighted by Crippen LogP contribution is 2.41. The molecule has 1 aliphatic heterocycles. The molecule has 1 atom stereocenters. The first kappa shape index (κ1) is 29.5. The number of hydrogen-bond donors (Lipinski definition) is 2. The number of fused-ring (bicyclic) bond motifs is 4. The van der Waals surface area contributed by atoms with Crippen LogP contribution < -0.4 is 10.7 Å². The highest BCUT2D eigenvalue weighted by molar-refractivity contribution is 6.10. The Labute approximate surface area is 291 Å². The van der Waals surface area contributed by atoms with E-state index in [9.17, 15) is 5.26 Å².